The Balaban J connectivity index is 1.38. The molecule has 0 atom stereocenters. The van der Waals surface area contributed by atoms with Crippen LogP contribution in [0, 0.1) is 19.7 Å². The SMILES string of the molecule is Cc1cccc(C)c1NC(=O)CN1CCN(C(=O)COC(=O)Cc2cccc(F)c2)CC1. The number of carbonyl (C=O) groups is 3. The number of carbonyl (C=O) groups excluding carboxylic acids is 3. The number of benzene rings is 2. The molecule has 0 spiro atoms. The molecule has 2 aromatic rings. The third kappa shape index (κ3) is 6.62. The first kappa shape index (κ1) is 23.4. The highest BCUT2D eigenvalue weighted by Crippen LogP contribution is 2.19. The molecule has 1 heterocycles. The predicted molar refractivity (Wildman–Crippen MR) is 119 cm³/mol. The molecule has 3 rings (SSSR count). The summed E-state index contributed by atoms with van der Waals surface area (Å²) < 4.78 is 18.2. The van der Waals surface area contributed by atoms with Gasteiger partial charge >= 0.3 is 5.97 Å². The molecule has 8 heteroatoms. The zero-order valence-electron chi connectivity index (χ0n) is 18.4. The van der Waals surface area contributed by atoms with Gasteiger partial charge in [0.15, 0.2) is 6.61 Å². The first-order valence-electron chi connectivity index (χ1n) is 10.6. The quantitative estimate of drug-likeness (QED) is 0.667. The molecular formula is C24H28FN3O4. The van der Waals surface area contributed by atoms with Gasteiger partial charge in [-0.25, -0.2) is 4.39 Å². The highest BCUT2D eigenvalue weighted by molar-refractivity contribution is 5.93. The zero-order valence-corrected chi connectivity index (χ0v) is 18.4. The number of piperazine rings is 1. The molecule has 0 radical (unpaired) electrons. The van der Waals surface area contributed by atoms with Gasteiger partial charge in [0.05, 0.1) is 13.0 Å². The number of para-hydroxylation sites is 1. The van der Waals surface area contributed by atoms with Crippen LogP contribution in [0.1, 0.15) is 16.7 Å². The average molecular weight is 442 g/mol. The normalized spacial score (nSPS) is 14.2. The molecule has 2 aromatic carbocycles. The van der Waals surface area contributed by atoms with Crippen molar-refractivity contribution in [3.05, 3.63) is 65.0 Å². The second kappa shape index (κ2) is 10.9. The summed E-state index contributed by atoms with van der Waals surface area (Å²) in [5, 5.41) is 2.97. The molecule has 0 saturated carbocycles. The van der Waals surface area contributed by atoms with Crippen LogP contribution in [0.25, 0.3) is 0 Å². The number of hydrogen-bond acceptors (Lipinski definition) is 5. The molecule has 1 saturated heterocycles. The van der Waals surface area contributed by atoms with Gasteiger partial charge in [0.2, 0.25) is 5.91 Å². The van der Waals surface area contributed by atoms with E-state index in [0.29, 0.717) is 31.7 Å². The standard InChI is InChI=1S/C24H28FN3O4/c1-17-5-3-6-18(2)24(17)26-21(29)15-27-9-11-28(12-10-27)22(30)16-32-23(31)14-19-7-4-8-20(25)13-19/h3-8,13H,9-12,14-16H2,1-2H3,(H,26,29). The van der Waals surface area contributed by atoms with Crippen LogP contribution in [0.2, 0.25) is 0 Å². The summed E-state index contributed by atoms with van der Waals surface area (Å²) in [4.78, 5) is 40.3. The van der Waals surface area contributed by atoms with Gasteiger partial charge < -0.3 is 15.0 Å². The topological polar surface area (TPSA) is 79.0 Å². The Morgan fingerprint density at radius 2 is 1.66 bits per heavy atom. The third-order valence-electron chi connectivity index (χ3n) is 5.43. The van der Waals surface area contributed by atoms with Crippen molar-refractivity contribution in [3.63, 3.8) is 0 Å². The Kier molecular flexibility index (Phi) is 7.94. The van der Waals surface area contributed by atoms with Crippen LogP contribution in [0.4, 0.5) is 10.1 Å². The van der Waals surface area contributed by atoms with Gasteiger partial charge in [-0.2, -0.15) is 0 Å². The zero-order chi connectivity index (χ0) is 23.1. The number of aryl methyl sites for hydroxylation is 2. The van der Waals surface area contributed by atoms with Crippen LogP contribution in [0.3, 0.4) is 0 Å². The second-order valence-electron chi connectivity index (χ2n) is 7.94. The number of hydrogen-bond donors (Lipinski definition) is 1. The van der Waals surface area contributed by atoms with E-state index in [4.69, 9.17) is 4.74 Å². The summed E-state index contributed by atoms with van der Waals surface area (Å²) in [6.45, 7) is 5.84. The summed E-state index contributed by atoms with van der Waals surface area (Å²) in [6, 6.07) is 11.6. The minimum absolute atomic E-state index is 0.0890. The molecule has 32 heavy (non-hydrogen) atoms. The van der Waals surface area contributed by atoms with Crippen molar-refractivity contribution in [2.75, 3.05) is 44.6 Å². The molecule has 0 aliphatic carbocycles. The van der Waals surface area contributed by atoms with E-state index in [1.54, 1.807) is 11.0 Å². The van der Waals surface area contributed by atoms with Crippen LogP contribution >= 0.6 is 0 Å². The van der Waals surface area contributed by atoms with Gasteiger partial charge in [-0.05, 0) is 42.7 Å². The highest BCUT2D eigenvalue weighted by Gasteiger charge is 2.23. The van der Waals surface area contributed by atoms with E-state index in [0.717, 1.165) is 16.8 Å². The van der Waals surface area contributed by atoms with Gasteiger partial charge in [0.25, 0.3) is 5.91 Å². The fourth-order valence-electron chi connectivity index (χ4n) is 3.65. The largest absolute Gasteiger partial charge is 0.455 e. The Morgan fingerprint density at radius 3 is 2.31 bits per heavy atom. The molecule has 1 N–H and O–H groups in total. The maximum atomic E-state index is 13.2. The average Bonchev–Trinajstić information content (AvgIpc) is 2.75. The number of anilines is 1. The molecule has 0 aromatic heterocycles. The molecule has 170 valence electrons. The molecule has 0 bridgehead atoms. The van der Waals surface area contributed by atoms with E-state index < -0.39 is 11.8 Å². The molecule has 1 aliphatic heterocycles. The Bertz CT molecular complexity index is 967. The number of nitrogens with zero attached hydrogens (tertiary/aromatic N) is 2. The van der Waals surface area contributed by atoms with Gasteiger partial charge in [-0.3, -0.25) is 19.3 Å². The number of rotatable bonds is 7. The van der Waals surface area contributed by atoms with Crippen LogP contribution in [0.15, 0.2) is 42.5 Å². The minimum atomic E-state index is -0.578. The molecule has 0 unspecified atom stereocenters. The van der Waals surface area contributed by atoms with E-state index >= 15 is 0 Å². The van der Waals surface area contributed by atoms with Crippen molar-refractivity contribution in [1.29, 1.82) is 0 Å². The van der Waals surface area contributed by atoms with Gasteiger partial charge in [0.1, 0.15) is 5.82 Å². The lowest BCUT2D eigenvalue weighted by atomic mass is 10.1. The molecule has 7 nitrogen and oxygen atoms in total. The van der Waals surface area contributed by atoms with E-state index in [9.17, 15) is 18.8 Å². The van der Waals surface area contributed by atoms with Gasteiger partial charge in [0, 0.05) is 31.9 Å². The Morgan fingerprint density at radius 1 is 1.00 bits per heavy atom. The fraction of sp³-hybridized carbons (Fsp3) is 0.375. The number of nitrogens with one attached hydrogen (secondary N) is 1. The smallest absolute Gasteiger partial charge is 0.310 e. The number of ether oxygens (including phenoxy) is 1. The summed E-state index contributed by atoms with van der Waals surface area (Å²) in [6.07, 6.45) is -0.0890. The second-order valence-corrected chi connectivity index (χ2v) is 7.94. The van der Waals surface area contributed by atoms with Gasteiger partial charge in [-0.15, -0.1) is 0 Å². The van der Waals surface area contributed by atoms with Crippen molar-refractivity contribution in [2.24, 2.45) is 0 Å². The highest BCUT2D eigenvalue weighted by atomic mass is 19.1. The van der Waals surface area contributed by atoms with E-state index in [1.807, 2.05) is 36.9 Å². The van der Waals surface area contributed by atoms with Crippen molar-refractivity contribution in [3.8, 4) is 0 Å². The monoisotopic (exact) mass is 441 g/mol. The summed E-state index contributed by atoms with van der Waals surface area (Å²) in [5.74, 6) is -1.37. The lowest BCUT2D eigenvalue weighted by Gasteiger charge is -2.34. The first-order chi connectivity index (χ1) is 15.3. The molecule has 1 fully saturated rings. The van der Waals surface area contributed by atoms with E-state index in [1.165, 1.54) is 18.2 Å². The summed E-state index contributed by atoms with van der Waals surface area (Å²) in [5.41, 5.74) is 3.36. The Labute approximate surface area is 187 Å². The maximum Gasteiger partial charge on any atom is 0.310 e. The molecular weight excluding hydrogens is 413 g/mol. The maximum absolute atomic E-state index is 13.2. The van der Waals surface area contributed by atoms with Crippen LogP contribution in [-0.2, 0) is 25.5 Å². The van der Waals surface area contributed by atoms with Crippen LogP contribution < -0.4 is 5.32 Å². The summed E-state index contributed by atoms with van der Waals surface area (Å²) >= 11 is 0. The number of amides is 2. The van der Waals surface area contributed by atoms with Crippen LogP contribution in [-0.4, -0.2) is 66.9 Å². The van der Waals surface area contributed by atoms with Crippen molar-refractivity contribution in [1.82, 2.24) is 9.80 Å². The Hall–Kier alpha value is -3.26. The lowest BCUT2D eigenvalue weighted by molar-refractivity contribution is -0.152. The summed E-state index contributed by atoms with van der Waals surface area (Å²) in [7, 11) is 0. The van der Waals surface area contributed by atoms with E-state index in [-0.39, 0.29) is 31.4 Å². The first-order valence-corrected chi connectivity index (χ1v) is 10.6. The molecule has 1 aliphatic rings. The van der Waals surface area contributed by atoms with Crippen LogP contribution in [0.5, 0.6) is 0 Å². The number of halogens is 1. The van der Waals surface area contributed by atoms with Crippen molar-refractivity contribution < 1.29 is 23.5 Å². The van der Waals surface area contributed by atoms with Gasteiger partial charge in [-0.1, -0.05) is 30.3 Å². The molecule has 2 amide bonds. The third-order valence-corrected chi connectivity index (χ3v) is 5.43. The fourth-order valence-corrected chi connectivity index (χ4v) is 3.65. The van der Waals surface area contributed by atoms with Crippen molar-refractivity contribution in [2.45, 2.75) is 20.3 Å². The van der Waals surface area contributed by atoms with Crippen molar-refractivity contribution >= 4 is 23.5 Å². The number of esters is 1. The lowest BCUT2D eigenvalue weighted by Crippen LogP contribution is -2.51. The predicted octanol–water partition coefficient (Wildman–Crippen LogP) is 2.31. The van der Waals surface area contributed by atoms with E-state index in [2.05, 4.69) is 5.32 Å². The minimum Gasteiger partial charge on any atom is -0.455 e.